The zero-order valence-corrected chi connectivity index (χ0v) is 6.01. The highest BCUT2D eigenvalue weighted by Gasteiger charge is 2.27. The van der Waals surface area contributed by atoms with Crippen molar-refractivity contribution in [1.82, 2.24) is 0 Å². The van der Waals surface area contributed by atoms with E-state index in [0.717, 1.165) is 0 Å². The van der Waals surface area contributed by atoms with Gasteiger partial charge in [-0.25, -0.2) is 0 Å². The van der Waals surface area contributed by atoms with Gasteiger partial charge in [-0.05, 0) is 6.92 Å². The first-order valence-corrected chi connectivity index (χ1v) is 3.87. The van der Waals surface area contributed by atoms with Crippen LogP contribution in [0.15, 0.2) is 0 Å². The summed E-state index contributed by atoms with van der Waals surface area (Å²) in [6.45, 7) is 1.72. The maximum Gasteiger partial charge on any atom is 0.321 e. The van der Waals surface area contributed by atoms with Gasteiger partial charge in [0, 0.05) is 0 Å². The summed E-state index contributed by atoms with van der Waals surface area (Å²) in [6.07, 6.45) is -0.233. The number of hydrogen-bond donors (Lipinski definition) is 0. The highest BCUT2D eigenvalue weighted by Crippen LogP contribution is 2.39. The molecule has 5 heteroatoms. The minimum Gasteiger partial charge on any atom is -0.303 e. The summed E-state index contributed by atoms with van der Waals surface area (Å²) < 4.78 is 19.5. The molecule has 1 aliphatic heterocycles. The van der Waals surface area contributed by atoms with E-state index in [9.17, 15) is 4.57 Å². The summed E-state index contributed by atoms with van der Waals surface area (Å²) in [6, 6.07) is 0. The summed E-state index contributed by atoms with van der Waals surface area (Å²) in [5, 5.41) is 0. The maximum atomic E-state index is 10.3. The van der Waals surface area contributed by atoms with Crippen molar-refractivity contribution in [2.45, 2.75) is 18.6 Å². The topological polar surface area (TPSA) is 35.5 Å². The second kappa shape index (κ2) is 2.36. The van der Waals surface area contributed by atoms with Gasteiger partial charge in [-0.1, -0.05) is 11.6 Å². The molecule has 1 rings (SSSR count). The highest BCUT2D eigenvalue weighted by atomic mass is 35.5. The van der Waals surface area contributed by atoms with E-state index in [0.29, 0.717) is 0 Å². The van der Waals surface area contributed by atoms with Crippen molar-refractivity contribution in [2.24, 2.45) is 0 Å². The largest absolute Gasteiger partial charge is 0.321 e. The Kier molecular flexibility index (Phi) is 1.93. The van der Waals surface area contributed by atoms with Crippen LogP contribution in [0.25, 0.3) is 0 Å². The van der Waals surface area contributed by atoms with Crippen molar-refractivity contribution >= 4 is 19.9 Å². The summed E-state index contributed by atoms with van der Waals surface area (Å²) in [5.41, 5.74) is -0.526. The van der Waals surface area contributed by atoms with Crippen LogP contribution in [0.2, 0.25) is 0 Å². The first-order valence-electron chi connectivity index (χ1n) is 2.21. The van der Waals surface area contributed by atoms with Crippen LogP contribution in [-0.4, -0.2) is 11.7 Å². The van der Waals surface area contributed by atoms with Gasteiger partial charge in [0.25, 0.3) is 0 Å². The maximum absolute atomic E-state index is 10.3. The number of hydrogen-bond acceptors (Lipinski definition) is 3. The molecule has 8 heavy (non-hydrogen) atoms. The smallest absolute Gasteiger partial charge is 0.303 e. The van der Waals surface area contributed by atoms with Gasteiger partial charge in [0.1, 0.15) is 6.10 Å². The summed E-state index contributed by atoms with van der Waals surface area (Å²) >= 11 is 5.44. The predicted octanol–water partition coefficient (Wildman–Crippen LogP) is 1.38. The number of halogens is 1. The lowest BCUT2D eigenvalue weighted by molar-refractivity contribution is 0.234. The third-order valence-corrected chi connectivity index (χ3v) is 2.46. The van der Waals surface area contributed by atoms with Crippen LogP contribution in [0.3, 0.4) is 0 Å². The molecule has 0 N–H and O–H groups in total. The summed E-state index contributed by atoms with van der Waals surface area (Å²) in [5.74, 6) is 0. The molecule has 3 atom stereocenters. The second-order valence-corrected chi connectivity index (χ2v) is 2.94. The van der Waals surface area contributed by atoms with E-state index in [1.54, 1.807) is 6.92 Å². The van der Waals surface area contributed by atoms with Gasteiger partial charge < -0.3 is 4.52 Å². The third kappa shape index (κ3) is 1.23. The number of rotatable bonds is 0. The molecule has 3 nitrogen and oxygen atoms in total. The molecule has 3 unspecified atom stereocenters. The quantitative estimate of drug-likeness (QED) is 0.393. The summed E-state index contributed by atoms with van der Waals surface area (Å²) in [7, 11) is -2.24. The molecule has 0 aliphatic carbocycles. The fourth-order valence-corrected chi connectivity index (χ4v) is 1.63. The first-order chi connectivity index (χ1) is 3.70. The van der Waals surface area contributed by atoms with Crippen molar-refractivity contribution < 1.29 is 13.6 Å². The van der Waals surface area contributed by atoms with Crippen LogP contribution >= 0.6 is 19.9 Å². The molecule has 0 aromatic heterocycles. The van der Waals surface area contributed by atoms with Crippen molar-refractivity contribution in [2.75, 3.05) is 0 Å². The fourth-order valence-electron chi connectivity index (χ4n) is 0.421. The fraction of sp³-hybridized carbons (Fsp3) is 1.00. The lowest BCUT2D eigenvalue weighted by Gasteiger charge is -1.98. The van der Waals surface area contributed by atoms with E-state index in [1.807, 2.05) is 0 Å². The Bertz CT molecular complexity index is 105. The molecule has 0 saturated carbocycles. The molecule has 0 aromatic rings. The molecule has 0 radical (unpaired) electrons. The molecule has 0 spiro atoms. The number of alkyl halides is 1. The van der Waals surface area contributed by atoms with Crippen LogP contribution in [0.4, 0.5) is 0 Å². The molecule has 48 valence electrons. The van der Waals surface area contributed by atoms with Gasteiger partial charge in [-0.3, -0.25) is 9.09 Å². The van der Waals surface area contributed by atoms with E-state index in [1.165, 1.54) is 0 Å². The Labute approximate surface area is 52.9 Å². The molecule has 0 bridgehead atoms. The van der Waals surface area contributed by atoms with E-state index in [-0.39, 0.29) is 6.10 Å². The Morgan fingerprint density at radius 3 is 2.38 bits per heavy atom. The van der Waals surface area contributed by atoms with E-state index < -0.39 is 13.8 Å². The lowest BCUT2D eigenvalue weighted by Crippen LogP contribution is -2.10. The van der Waals surface area contributed by atoms with Gasteiger partial charge in [0.05, 0.1) is 0 Å². The molecule has 1 heterocycles. The zero-order chi connectivity index (χ0) is 6.15. The average molecular weight is 157 g/mol. The van der Waals surface area contributed by atoms with Crippen LogP contribution in [-0.2, 0) is 13.6 Å². The zero-order valence-electron chi connectivity index (χ0n) is 4.26. The third-order valence-electron chi connectivity index (χ3n) is 0.860. The Hall–Kier alpha value is 0.440. The van der Waals surface area contributed by atoms with Gasteiger partial charge in [0.2, 0.25) is 0 Å². The predicted molar refractivity (Wildman–Crippen MR) is 30.3 cm³/mol. The SMILES string of the molecule is CC1O[PH](=O)OC1Cl. The van der Waals surface area contributed by atoms with Crippen molar-refractivity contribution in [1.29, 1.82) is 0 Å². The minimum absolute atomic E-state index is 0.233. The standard InChI is InChI=1S/C3H6ClO3P/c1-2-3(4)7-8(5)6-2/h2-3,8H,1H3. The molecule has 1 fully saturated rings. The summed E-state index contributed by atoms with van der Waals surface area (Å²) in [4.78, 5) is 0. The van der Waals surface area contributed by atoms with E-state index in [2.05, 4.69) is 9.05 Å². The van der Waals surface area contributed by atoms with Crippen LogP contribution in [0.5, 0.6) is 0 Å². The van der Waals surface area contributed by atoms with Gasteiger partial charge in [0.15, 0.2) is 5.56 Å². The Morgan fingerprint density at radius 1 is 1.62 bits per heavy atom. The normalized spacial score (nSPS) is 47.5. The van der Waals surface area contributed by atoms with Crippen LogP contribution in [0, 0.1) is 0 Å². The molecule has 1 aliphatic rings. The lowest BCUT2D eigenvalue weighted by atomic mass is 10.4. The van der Waals surface area contributed by atoms with Gasteiger partial charge in [-0.15, -0.1) is 0 Å². The van der Waals surface area contributed by atoms with E-state index in [4.69, 9.17) is 11.6 Å². The van der Waals surface area contributed by atoms with Gasteiger partial charge in [-0.2, -0.15) is 0 Å². The molecular weight excluding hydrogens is 150 g/mol. The monoisotopic (exact) mass is 156 g/mol. The Balaban J connectivity index is 2.51. The minimum atomic E-state index is -2.24. The van der Waals surface area contributed by atoms with E-state index >= 15 is 0 Å². The molecule has 1 saturated heterocycles. The van der Waals surface area contributed by atoms with Crippen molar-refractivity contribution in [3.05, 3.63) is 0 Å². The molecular formula is C3H6ClO3P. The van der Waals surface area contributed by atoms with Crippen LogP contribution in [0.1, 0.15) is 6.92 Å². The highest BCUT2D eigenvalue weighted by molar-refractivity contribution is 7.33. The molecule has 0 aromatic carbocycles. The molecule has 0 amide bonds. The second-order valence-electron chi connectivity index (χ2n) is 1.54. The first kappa shape index (κ1) is 6.56. The average Bonchev–Trinajstić information content (AvgIpc) is 1.85. The Morgan fingerprint density at radius 2 is 2.25 bits per heavy atom. The van der Waals surface area contributed by atoms with Crippen molar-refractivity contribution in [3.8, 4) is 0 Å². The van der Waals surface area contributed by atoms with Gasteiger partial charge >= 0.3 is 8.25 Å². The van der Waals surface area contributed by atoms with Crippen LogP contribution < -0.4 is 0 Å². The van der Waals surface area contributed by atoms with Crippen molar-refractivity contribution in [3.63, 3.8) is 0 Å².